The molecule has 1 N–H and O–H groups in total. The van der Waals surface area contributed by atoms with Gasteiger partial charge in [-0.25, -0.2) is 4.98 Å². The number of alkyl halides is 3. The molecular weight excluding hydrogens is 351 g/mol. The molecule has 0 spiro atoms. The summed E-state index contributed by atoms with van der Waals surface area (Å²) in [6.45, 7) is 0.197. The number of amides is 2. The van der Waals surface area contributed by atoms with Gasteiger partial charge in [-0.05, 0) is 25.5 Å². The summed E-state index contributed by atoms with van der Waals surface area (Å²) in [6, 6.07) is 7.94. The van der Waals surface area contributed by atoms with Gasteiger partial charge in [0.15, 0.2) is 0 Å². The van der Waals surface area contributed by atoms with Crippen LogP contribution in [0.3, 0.4) is 0 Å². The zero-order valence-electron chi connectivity index (χ0n) is 13.8. The molecule has 0 bridgehead atoms. The Balaban J connectivity index is 1.69. The van der Waals surface area contributed by atoms with Gasteiger partial charge < -0.3 is 14.6 Å². The van der Waals surface area contributed by atoms with E-state index in [0.717, 1.165) is 0 Å². The monoisotopic (exact) mass is 367 g/mol. The van der Waals surface area contributed by atoms with Gasteiger partial charge in [0, 0.05) is 12.1 Å². The van der Waals surface area contributed by atoms with Gasteiger partial charge in [0.25, 0.3) is 5.91 Å². The number of hydrogen-bond acceptors (Lipinski definition) is 4. The zero-order valence-corrected chi connectivity index (χ0v) is 13.8. The quantitative estimate of drug-likeness (QED) is 0.901. The Morgan fingerprint density at radius 2 is 2.04 bits per heavy atom. The first-order valence-corrected chi connectivity index (χ1v) is 7.94. The van der Waals surface area contributed by atoms with E-state index in [2.05, 4.69) is 10.3 Å². The number of nitrogens with one attached hydrogen (secondary N) is 1. The number of carbonyl (C=O) groups is 2. The Hall–Kier alpha value is -2.84. The minimum atomic E-state index is -4.47. The molecule has 2 heterocycles. The molecular formula is C17H16F3N3O3. The van der Waals surface area contributed by atoms with Crippen LogP contribution in [0.1, 0.15) is 22.7 Å². The molecule has 1 fully saturated rings. The third-order valence-corrected chi connectivity index (χ3v) is 4.00. The summed E-state index contributed by atoms with van der Waals surface area (Å²) in [5, 5.41) is 2.44. The zero-order chi connectivity index (χ0) is 18.9. The van der Waals surface area contributed by atoms with E-state index in [4.69, 9.17) is 4.42 Å². The van der Waals surface area contributed by atoms with Gasteiger partial charge in [-0.1, -0.05) is 18.2 Å². The second-order valence-electron chi connectivity index (χ2n) is 5.99. The van der Waals surface area contributed by atoms with E-state index in [1.807, 2.05) is 6.07 Å². The first kappa shape index (κ1) is 18.0. The van der Waals surface area contributed by atoms with E-state index in [9.17, 15) is 22.8 Å². The maximum absolute atomic E-state index is 12.4. The van der Waals surface area contributed by atoms with Crippen LogP contribution in [0, 0.1) is 6.92 Å². The number of hydrogen-bond donors (Lipinski definition) is 1. The summed E-state index contributed by atoms with van der Waals surface area (Å²) in [4.78, 5) is 29.3. The standard InChI is InChI=1S/C17H16F3N3O3/c1-10-13(26-15(21-10)11-5-3-2-4-6-11)14(24)22-12-7-8-23(16(12)25)9-17(18,19)20/h2-6,12H,7-9H2,1H3,(H,22,24). The van der Waals surface area contributed by atoms with Crippen molar-refractivity contribution in [3.8, 4) is 11.5 Å². The summed E-state index contributed by atoms with van der Waals surface area (Å²) < 4.78 is 42.8. The van der Waals surface area contributed by atoms with E-state index >= 15 is 0 Å². The highest BCUT2D eigenvalue weighted by atomic mass is 19.4. The van der Waals surface area contributed by atoms with E-state index in [0.29, 0.717) is 16.2 Å². The van der Waals surface area contributed by atoms with Gasteiger partial charge >= 0.3 is 6.18 Å². The fourth-order valence-corrected chi connectivity index (χ4v) is 2.78. The molecule has 1 aromatic carbocycles. The molecule has 138 valence electrons. The molecule has 6 nitrogen and oxygen atoms in total. The number of halogens is 3. The highest BCUT2D eigenvalue weighted by Gasteiger charge is 2.40. The molecule has 1 aromatic heterocycles. The first-order valence-electron chi connectivity index (χ1n) is 7.94. The Bertz CT molecular complexity index is 818. The molecule has 1 aliphatic rings. The number of rotatable bonds is 4. The van der Waals surface area contributed by atoms with Gasteiger partial charge in [-0.15, -0.1) is 0 Å². The summed E-state index contributed by atoms with van der Waals surface area (Å²) in [7, 11) is 0. The van der Waals surface area contributed by atoms with Crippen LogP contribution in [0.25, 0.3) is 11.5 Å². The average molecular weight is 367 g/mol. The Morgan fingerprint density at radius 1 is 1.35 bits per heavy atom. The van der Waals surface area contributed by atoms with Crippen LogP contribution in [0.5, 0.6) is 0 Å². The van der Waals surface area contributed by atoms with Crippen LogP contribution in [0.4, 0.5) is 13.2 Å². The number of carbonyl (C=O) groups excluding carboxylic acids is 2. The van der Waals surface area contributed by atoms with Crippen molar-refractivity contribution in [2.75, 3.05) is 13.1 Å². The average Bonchev–Trinajstić information content (AvgIpc) is 3.12. The number of likely N-dealkylation sites (tertiary alicyclic amines) is 1. The molecule has 0 radical (unpaired) electrons. The van der Waals surface area contributed by atoms with Gasteiger partial charge in [0.2, 0.25) is 17.6 Å². The second-order valence-corrected chi connectivity index (χ2v) is 5.99. The maximum Gasteiger partial charge on any atom is 0.406 e. The molecule has 3 rings (SSSR count). The van der Waals surface area contributed by atoms with Gasteiger partial charge in [0.1, 0.15) is 12.6 Å². The van der Waals surface area contributed by atoms with Gasteiger partial charge in [0.05, 0.1) is 5.69 Å². The highest BCUT2D eigenvalue weighted by Crippen LogP contribution is 2.23. The summed E-state index contributed by atoms with van der Waals surface area (Å²) in [5.74, 6) is -1.24. The molecule has 1 saturated heterocycles. The Kier molecular flexibility index (Phi) is 4.71. The third-order valence-electron chi connectivity index (χ3n) is 4.00. The van der Waals surface area contributed by atoms with Crippen LogP contribution in [-0.4, -0.2) is 47.0 Å². The van der Waals surface area contributed by atoms with Crippen LogP contribution >= 0.6 is 0 Å². The Morgan fingerprint density at radius 3 is 2.69 bits per heavy atom. The molecule has 9 heteroatoms. The largest absolute Gasteiger partial charge is 0.431 e. The van der Waals surface area contributed by atoms with Crippen molar-refractivity contribution in [2.45, 2.75) is 25.6 Å². The van der Waals surface area contributed by atoms with Crippen LogP contribution in [0.2, 0.25) is 0 Å². The van der Waals surface area contributed by atoms with Crippen LogP contribution in [-0.2, 0) is 4.79 Å². The smallest absolute Gasteiger partial charge is 0.406 e. The maximum atomic E-state index is 12.4. The first-order chi connectivity index (χ1) is 12.2. The summed E-state index contributed by atoms with van der Waals surface area (Å²) in [5.41, 5.74) is 1.02. The second kappa shape index (κ2) is 6.81. The number of nitrogens with zero attached hydrogens (tertiary/aromatic N) is 2. The molecule has 26 heavy (non-hydrogen) atoms. The predicted molar refractivity (Wildman–Crippen MR) is 85.2 cm³/mol. The van der Waals surface area contributed by atoms with E-state index < -0.39 is 30.6 Å². The molecule has 1 aliphatic heterocycles. The predicted octanol–water partition coefficient (Wildman–Crippen LogP) is 2.54. The van der Waals surface area contributed by atoms with Crippen molar-refractivity contribution in [1.29, 1.82) is 0 Å². The van der Waals surface area contributed by atoms with Crippen LogP contribution in [0.15, 0.2) is 34.7 Å². The number of benzene rings is 1. The number of aromatic nitrogens is 1. The van der Waals surface area contributed by atoms with Gasteiger partial charge in [-0.3, -0.25) is 9.59 Å². The Labute approximate surface area is 147 Å². The molecule has 0 saturated carbocycles. The van der Waals surface area contributed by atoms with E-state index in [1.165, 1.54) is 0 Å². The highest BCUT2D eigenvalue weighted by molar-refractivity contribution is 5.97. The molecule has 0 aliphatic carbocycles. The lowest BCUT2D eigenvalue weighted by atomic mass is 10.2. The van der Waals surface area contributed by atoms with Crippen LogP contribution < -0.4 is 5.32 Å². The van der Waals surface area contributed by atoms with Crippen molar-refractivity contribution >= 4 is 11.8 Å². The van der Waals surface area contributed by atoms with Crippen molar-refractivity contribution in [3.05, 3.63) is 41.8 Å². The fourth-order valence-electron chi connectivity index (χ4n) is 2.78. The molecule has 1 unspecified atom stereocenters. The van der Waals surface area contributed by atoms with E-state index in [1.54, 1.807) is 31.2 Å². The molecule has 2 amide bonds. The number of aryl methyl sites for hydroxylation is 1. The minimum Gasteiger partial charge on any atom is -0.431 e. The lowest BCUT2D eigenvalue weighted by Gasteiger charge is -2.18. The van der Waals surface area contributed by atoms with Crippen molar-refractivity contribution in [2.24, 2.45) is 0 Å². The lowest BCUT2D eigenvalue weighted by Crippen LogP contribution is -2.43. The summed E-state index contributed by atoms with van der Waals surface area (Å²) >= 11 is 0. The van der Waals surface area contributed by atoms with Crippen molar-refractivity contribution in [3.63, 3.8) is 0 Å². The third kappa shape index (κ3) is 3.87. The van der Waals surface area contributed by atoms with Crippen molar-refractivity contribution < 1.29 is 27.2 Å². The number of oxazole rings is 1. The van der Waals surface area contributed by atoms with E-state index in [-0.39, 0.29) is 24.6 Å². The fraction of sp³-hybridized carbons (Fsp3) is 0.353. The molecule has 1 atom stereocenters. The SMILES string of the molecule is Cc1nc(-c2ccccc2)oc1C(=O)NC1CCN(CC(F)(F)F)C1=O. The van der Waals surface area contributed by atoms with Crippen molar-refractivity contribution in [1.82, 2.24) is 15.2 Å². The molecule has 2 aromatic rings. The normalized spacial score (nSPS) is 17.6. The minimum absolute atomic E-state index is 0.0616. The lowest BCUT2D eigenvalue weighted by molar-refractivity contribution is -0.157. The topological polar surface area (TPSA) is 75.4 Å². The van der Waals surface area contributed by atoms with Gasteiger partial charge in [-0.2, -0.15) is 13.2 Å². The summed E-state index contributed by atoms with van der Waals surface area (Å²) in [6.07, 6.45) is -4.36.